The average molecular weight is 466 g/mol. The first-order valence-corrected chi connectivity index (χ1v) is 9.78. The number of amides is 1. The van der Waals surface area contributed by atoms with Crippen molar-refractivity contribution in [3.05, 3.63) is 88.2 Å². The normalized spacial score (nSPS) is 17.9. The lowest BCUT2D eigenvalue weighted by molar-refractivity contribution is -0.132. The average Bonchev–Trinajstić information content (AvgIpc) is 3.04. The maximum atomic E-state index is 13.0. The highest BCUT2D eigenvalue weighted by Gasteiger charge is 2.48. The van der Waals surface area contributed by atoms with Crippen molar-refractivity contribution in [1.82, 2.24) is 9.97 Å². The highest BCUT2D eigenvalue weighted by molar-refractivity contribution is 9.10. The second-order valence-corrected chi connectivity index (χ2v) is 7.42. The number of hydrogen-bond acceptors (Lipinski definition) is 6. The monoisotopic (exact) mass is 465 g/mol. The maximum absolute atomic E-state index is 13.0. The number of hydrogen-bond donors (Lipinski definition) is 1. The van der Waals surface area contributed by atoms with Gasteiger partial charge in [-0.2, -0.15) is 0 Å². The van der Waals surface area contributed by atoms with E-state index < -0.39 is 17.7 Å². The van der Waals surface area contributed by atoms with Gasteiger partial charge in [0.05, 0.1) is 18.7 Å². The SMILES string of the molecule is COc1ccc(/C(O)=C2/C(=O)C(=O)N(c3ncccn3)C2c2cccc(Br)c2)cc1. The number of anilines is 1. The molecule has 1 aliphatic heterocycles. The smallest absolute Gasteiger partial charge is 0.302 e. The molecule has 3 aromatic rings. The highest BCUT2D eigenvalue weighted by atomic mass is 79.9. The van der Waals surface area contributed by atoms with E-state index in [0.29, 0.717) is 16.9 Å². The summed E-state index contributed by atoms with van der Waals surface area (Å²) in [5.74, 6) is -1.20. The minimum Gasteiger partial charge on any atom is -0.507 e. The molecule has 1 saturated heterocycles. The highest BCUT2D eigenvalue weighted by Crippen LogP contribution is 2.41. The molecule has 7 nitrogen and oxygen atoms in total. The molecule has 2 aromatic carbocycles. The van der Waals surface area contributed by atoms with Crippen molar-refractivity contribution < 1.29 is 19.4 Å². The summed E-state index contributed by atoms with van der Waals surface area (Å²) < 4.78 is 5.91. The Morgan fingerprint density at radius 3 is 2.40 bits per heavy atom. The van der Waals surface area contributed by atoms with E-state index in [2.05, 4.69) is 25.9 Å². The zero-order valence-electron chi connectivity index (χ0n) is 15.8. The number of aliphatic hydroxyl groups is 1. The fourth-order valence-corrected chi connectivity index (χ4v) is 3.77. The molecule has 0 aliphatic carbocycles. The summed E-state index contributed by atoms with van der Waals surface area (Å²) in [7, 11) is 1.54. The summed E-state index contributed by atoms with van der Waals surface area (Å²) in [6.07, 6.45) is 2.98. The summed E-state index contributed by atoms with van der Waals surface area (Å²) in [5, 5.41) is 11.0. The summed E-state index contributed by atoms with van der Waals surface area (Å²) in [6, 6.07) is 14.5. The molecule has 0 radical (unpaired) electrons. The Bertz CT molecular complexity index is 1150. The minimum atomic E-state index is -0.882. The third-order valence-corrected chi connectivity index (χ3v) is 5.23. The van der Waals surface area contributed by atoms with Gasteiger partial charge >= 0.3 is 5.91 Å². The molecule has 0 bridgehead atoms. The van der Waals surface area contributed by atoms with E-state index in [1.54, 1.807) is 48.5 Å². The summed E-state index contributed by atoms with van der Waals surface area (Å²) in [5.41, 5.74) is 0.990. The first-order chi connectivity index (χ1) is 14.5. The largest absolute Gasteiger partial charge is 0.507 e. The van der Waals surface area contributed by atoms with E-state index in [4.69, 9.17) is 4.74 Å². The fourth-order valence-electron chi connectivity index (χ4n) is 3.35. The van der Waals surface area contributed by atoms with Crippen LogP contribution in [0.5, 0.6) is 5.75 Å². The molecule has 150 valence electrons. The molecule has 8 heteroatoms. The third-order valence-electron chi connectivity index (χ3n) is 4.74. The number of Topliss-reactive ketones (excluding diaryl/α,β-unsaturated/α-hetero) is 1. The number of methoxy groups -OCH3 is 1. The van der Waals surface area contributed by atoms with Gasteiger partial charge in [0.1, 0.15) is 11.5 Å². The van der Waals surface area contributed by atoms with E-state index in [1.165, 1.54) is 24.4 Å². The number of ketones is 1. The molecule has 1 fully saturated rings. The van der Waals surface area contributed by atoms with Crippen LogP contribution in [0.4, 0.5) is 5.95 Å². The van der Waals surface area contributed by atoms with Crippen molar-refractivity contribution in [2.75, 3.05) is 12.0 Å². The van der Waals surface area contributed by atoms with Crippen molar-refractivity contribution >= 4 is 39.3 Å². The van der Waals surface area contributed by atoms with Crippen molar-refractivity contribution in [2.45, 2.75) is 6.04 Å². The van der Waals surface area contributed by atoms with Gasteiger partial charge in [0, 0.05) is 22.4 Å². The molecule has 1 N–H and O–H groups in total. The van der Waals surface area contributed by atoms with Crippen LogP contribution in [0.3, 0.4) is 0 Å². The van der Waals surface area contributed by atoms with Gasteiger partial charge in [-0.25, -0.2) is 9.97 Å². The molecule has 1 amide bonds. The Kier molecular flexibility index (Phi) is 5.33. The minimum absolute atomic E-state index is 0.0317. The van der Waals surface area contributed by atoms with Gasteiger partial charge in [-0.1, -0.05) is 28.1 Å². The van der Waals surface area contributed by atoms with E-state index in [-0.39, 0.29) is 17.3 Å². The van der Waals surface area contributed by atoms with Crippen molar-refractivity contribution in [1.29, 1.82) is 0 Å². The van der Waals surface area contributed by atoms with E-state index in [9.17, 15) is 14.7 Å². The topological polar surface area (TPSA) is 92.6 Å². The molecule has 4 rings (SSSR count). The molecule has 1 aromatic heterocycles. The van der Waals surface area contributed by atoms with Crippen LogP contribution >= 0.6 is 15.9 Å². The molecule has 1 atom stereocenters. The predicted molar refractivity (Wildman–Crippen MR) is 114 cm³/mol. The number of ether oxygens (including phenoxy) is 1. The Balaban J connectivity index is 1.93. The lowest BCUT2D eigenvalue weighted by Gasteiger charge is -2.23. The second kappa shape index (κ2) is 8.08. The van der Waals surface area contributed by atoms with Crippen LogP contribution < -0.4 is 9.64 Å². The fraction of sp³-hybridized carbons (Fsp3) is 0.0909. The number of carbonyl (C=O) groups excluding carboxylic acids is 2. The lowest BCUT2D eigenvalue weighted by atomic mass is 9.95. The van der Waals surface area contributed by atoms with Gasteiger partial charge in [-0.3, -0.25) is 14.5 Å². The van der Waals surface area contributed by atoms with Crippen LogP contribution in [0.15, 0.2) is 77.0 Å². The number of rotatable bonds is 4. The number of nitrogens with zero attached hydrogens (tertiary/aromatic N) is 3. The van der Waals surface area contributed by atoms with Crippen LogP contribution in [0.25, 0.3) is 5.76 Å². The molecule has 0 saturated carbocycles. The van der Waals surface area contributed by atoms with Crippen LogP contribution in [-0.4, -0.2) is 33.9 Å². The molecule has 1 aliphatic rings. The Morgan fingerprint density at radius 2 is 1.77 bits per heavy atom. The van der Waals surface area contributed by atoms with Crippen molar-refractivity contribution in [3.8, 4) is 5.75 Å². The molecule has 2 heterocycles. The van der Waals surface area contributed by atoms with Gasteiger partial charge in [0.2, 0.25) is 5.95 Å². The Morgan fingerprint density at radius 1 is 1.07 bits per heavy atom. The summed E-state index contributed by atoms with van der Waals surface area (Å²) in [4.78, 5) is 35.4. The number of aliphatic hydroxyl groups excluding tert-OH is 1. The zero-order valence-corrected chi connectivity index (χ0v) is 17.4. The van der Waals surface area contributed by atoms with E-state index >= 15 is 0 Å². The van der Waals surface area contributed by atoms with Crippen molar-refractivity contribution in [2.24, 2.45) is 0 Å². The first-order valence-electron chi connectivity index (χ1n) is 8.99. The standard InChI is InChI=1S/C22H16BrN3O4/c1-30-16-8-6-13(7-9-16)19(27)17-18(14-4-2-5-15(23)12-14)26(21(29)20(17)28)22-24-10-3-11-25-22/h2-12,18,27H,1H3/b19-17-. The predicted octanol–water partition coefficient (Wildman–Crippen LogP) is 3.87. The molecule has 1 unspecified atom stereocenters. The molecule has 30 heavy (non-hydrogen) atoms. The van der Waals surface area contributed by atoms with Crippen LogP contribution in [-0.2, 0) is 9.59 Å². The van der Waals surface area contributed by atoms with E-state index in [0.717, 1.165) is 4.47 Å². The Hall–Kier alpha value is -3.52. The van der Waals surface area contributed by atoms with Crippen LogP contribution in [0.1, 0.15) is 17.2 Å². The number of halogens is 1. The molecular formula is C22H16BrN3O4. The number of benzene rings is 2. The lowest BCUT2D eigenvalue weighted by Crippen LogP contribution is -2.31. The number of carbonyl (C=O) groups is 2. The quantitative estimate of drug-likeness (QED) is 0.357. The second-order valence-electron chi connectivity index (χ2n) is 6.50. The van der Waals surface area contributed by atoms with Gasteiger partial charge in [-0.15, -0.1) is 0 Å². The van der Waals surface area contributed by atoms with Gasteiger partial charge in [0.25, 0.3) is 5.78 Å². The first kappa shape index (κ1) is 19.8. The zero-order chi connectivity index (χ0) is 21.3. The van der Waals surface area contributed by atoms with Gasteiger partial charge < -0.3 is 9.84 Å². The summed E-state index contributed by atoms with van der Waals surface area (Å²) in [6.45, 7) is 0. The van der Waals surface area contributed by atoms with E-state index in [1.807, 2.05) is 6.07 Å². The van der Waals surface area contributed by atoms with Crippen LogP contribution in [0, 0.1) is 0 Å². The van der Waals surface area contributed by atoms with Gasteiger partial charge in [0.15, 0.2) is 0 Å². The van der Waals surface area contributed by atoms with Crippen LogP contribution in [0.2, 0.25) is 0 Å². The van der Waals surface area contributed by atoms with Crippen molar-refractivity contribution in [3.63, 3.8) is 0 Å². The number of aromatic nitrogens is 2. The van der Waals surface area contributed by atoms with Gasteiger partial charge in [-0.05, 0) is 48.0 Å². The molecular weight excluding hydrogens is 450 g/mol. The summed E-state index contributed by atoms with van der Waals surface area (Å²) >= 11 is 3.42. The maximum Gasteiger partial charge on any atom is 0.302 e. The third kappa shape index (κ3) is 3.46. The molecule has 0 spiro atoms. The Labute approximate surface area is 180 Å².